The van der Waals surface area contributed by atoms with Gasteiger partial charge in [0.2, 0.25) is 0 Å². The molecule has 1 aromatic carbocycles. The van der Waals surface area contributed by atoms with E-state index >= 15 is 0 Å². The van der Waals surface area contributed by atoms with Crippen LogP contribution in [0, 0.1) is 10.1 Å². The van der Waals surface area contributed by atoms with Gasteiger partial charge in [-0.15, -0.1) is 0 Å². The first-order valence-corrected chi connectivity index (χ1v) is 6.64. The van der Waals surface area contributed by atoms with Crippen LogP contribution in [0.5, 0.6) is 0 Å². The monoisotopic (exact) mass is 272 g/mol. The summed E-state index contributed by atoms with van der Waals surface area (Å²) >= 11 is 0. The Bertz CT molecular complexity index is 653. The first kappa shape index (κ1) is 12.8. The molecular weight excluding hydrogens is 256 g/mol. The Kier molecular flexibility index (Phi) is 3.23. The van der Waals surface area contributed by atoms with Crippen molar-refractivity contribution in [1.82, 2.24) is 10.3 Å². The van der Waals surface area contributed by atoms with Crippen LogP contribution in [0.25, 0.3) is 10.9 Å². The summed E-state index contributed by atoms with van der Waals surface area (Å²) in [5.74, 6) is 0. The van der Waals surface area contributed by atoms with E-state index in [0.29, 0.717) is 5.69 Å². The average molecular weight is 272 g/mol. The van der Waals surface area contributed by atoms with E-state index in [4.69, 9.17) is 0 Å². The summed E-state index contributed by atoms with van der Waals surface area (Å²) in [4.78, 5) is 17.2. The van der Waals surface area contributed by atoms with Gasteiger partial charge in [0, 0.05) is 25.0 Å². The summed E-state index contributed by atoms with van der Waals surface area (Å²) in [7, 11) is 1.92. The highest BCUT2D eigenvalue weighted by Gasteiger charge is 2.27. The highest BCUT2D eigenvalue weighted by atomic mass is 16.6. The summed E-state index contributed by atoms with van der Waals surface area (Å²) in [6.07, 6.45) is 2.35. The Morgan fingerprint density at radius 2 is 2.25 bits per heavy atom. The summed E-state index contributed by atoms with van der Waals surface area (Å²) in [6, 6.07) is 7.83. The Hall–Kier alpha value is -2.21. The summed E-state index contributed by atoms with van der Waals surface area (Å²) in [5, 5.41) is 15.4. The highest BCUT2D eigenvalue weighted by molar-refractivity contribution is 5.96. The van der Waals surface area contributed by atoms with Gasteiger partial charge in [-0.1, -0.05) is 18.2 Å². The van der Waals surface area contributed by atoms with Crippen molar-refractivity contribution in [3.8, 4) is 0 Å². The molecule has 3 rings (SSSR count). The van der Waals surface area contributed by atoms with Crippen molar-refractivity contribution >= 4 is 22.3 Å². The Labute approximate surface area is 116 Å². The van der Waals surface area contributed by atoms with Crippen molar-refractivity contribution in [2.24, 2.45) is 0 Å². The number of benzene rings is 1. The fourth-order valence-corrected chi connectivity index (χ4v) is 2.77. The van der Waals surface area contributed by atoms with Crippen molar-refractivity contribution in [1.29, 1.82) is 0 Å². The molecular formula is C14H16N4O2. The van der Waals surface area contributed by atoms with Gasteiger partial charge in [0.05, 0.1) is 10.4 Å². The Morgan fingerprint density at radius 3 is 2.95 bits per heavy atom. The Morgan fingerprint density at radius 1 is 1.45 bits per heavy atom. The minimum absolute atomic E-state index is 0.0677. The zero-order valence-electron chi connectivity index (χ0n) is 11.2. The molecule has 0 spiro atoms. The molecule has 1 atom stereocenters. The van der Waals surface area contributed by atoms with Gasteiger partial charge in [0.1, 0.15) is 11.9 Å². The van der Waals surface area contributed by atoms with Gasteiger partial charge in [0.15, 0.2) is 0 Å². The second kappa shape index (κ2) is 5.05. The number of pyridine rings is 1. The van der Waals surface area contributed by atoms with Crippen LogP contribution in [-0.2, 0) is 0 Å². The van der Waals surface area contributed by atoms with E-state index < -0.39 is 0 Å². The van der Waals surface area contributed by atoms with Gasteiger partial charge in [-0.05, 0) is 19.0 Å². The van der Waals surface area contributed by atoms with Crippen LogP contribution >= 0.6 is 0 Å². The lowest BCUT2D eigenvalue weighted by Gasteiger charge is -2.26. The first-order valence-electron chi connectivity index (χ1n) is 6.64. The zero-order chi connectivity index (χ0) is 14.1. The van der Waals surface area contributed by atoms with E-state index in [9.17, 15) is 10.1 Å². The van der Waals surface area contributed by atoms with Gasteiger partial charge in [-0.3, -0.25) is 10.1 Å². The van der Waals surface area contributed by atoms with Crippen molar-refractivity contribution in [3.63, 3.8) is 0 Å². The number of nitrogens with one attached hydrogen (secondary N) is 1. The molecule has 6 heteroatoms. The van der Waals surface area contributed by atoms with Gasteiger partial charge < -0.3 is 10.2 Å². The number of nitro groups is 1. The molecule has 0 bridgehead atoms. The van der Waals surface area contributed by atoms with Crippen molar-refractivity contribution in [3.05, 3.63) is 40.6 Å². The number of anilines is 1. The molecule has 1 fully saturated rings. The molecule has 2 heterocycles. The largest absolute Gasteiger partial charge is 0.364 e. The number of hydrogen-bond donors (Lipinski definition) is 1. The molecule has 2 aromatic rings. The van der Waals surface area contributed by atoms with Gasteiger partial charge in [-0.2, -0.15) is 0 Å². The van der Waals surface area contributed by atoms with E-state index in [-0.39, 0.29) is 16.7 Å². The van der Waals surface area contributed by atoms with Crippen molar-refractivity contribution in [2.75, 3.05) is 25.0 Å². The maximum Gasteiger partial charge on any atom is 0.311 e. The molecule has 0 radical (unpaired) electrons. The highest BCUT2D eigenvalue weighted by Crippen LogP contribution is 2.35. The third-order valence-corrected chi connectivity index (χ3v) is 3.86. The molecule has 20 heavy (non-hydrogen) atoms. The fraction of sp³-hybridized carbons (Fsp3) is 0.357. The lowest BCUT2D eigenvalue weighted by atomic mass is 10.1. The minimum atomic E-state index is -0.354. The van der Waals surface area contributed by atoms with Crippen LogP contribution in [-0.4, -0.2) is 36.1 Å². The summed E-state index contributed by atoms with van der Waals surface area (Å²) < 4.78 is 0. The number of hydrogen-bond acceptors (Lipinski definition) is 5. The van der Waals surface area contributed by atoms with Crippen LogP contribution in [0.1, 0.15) is 6.42 Å². The first-order chi connectivity index (χ1) is 9.68. The standard InChI is InChI=1S/C14H16N4O2/c1-17(10-6-7-15-8-10)14-11-4-2-3-5-12(11)16-9-13(14)18(19)20/h2-5,9-10,15H,6-8H2,1H3. The number of fused-ring (bicyclic) bond motifs is 1. The Balaban J connectivity index is 2.18. The number of likely N-dealkylation sites (N-methyl/N-ethyl adjacent to an activating group) is 1. The molecule has 1 aromatic heterocycles. The maximum atomic E-state index is 11.3. The average Bonchev–Trinajstić information content (AvgIpc) is 2.99. The molecule has 1 aliphatic rings. The quantitative estimate of drug-likeness (QED) is 0.683. The third kappa shape index (κ3) is 2.08. The number of nitrogens with zero attached hydrogens (tertiary/aromatic N) is 3. The van der Waals surface area contributed by atoms with Gasteiger partial charge in [0.25, 0.3) is 0 Å². The summed E-state index contributed by atoms with van der Waals surface area (Å²) in [5.41, 5.74) is 1.51. The van der Waals surface area contributed by atoms with E-state index in [0.717, 1.165) is 30.4 Å². The molecule has 0 saturated carbocycles. The molecule has 1 saturated heterocycles. The van der Waals surface area contributed by atoms with Crippen LogP contribution in [0.3, 0.4) is 0 Å². The number of rotatable bonds is 3. The van der Waals surface area contributed by atoms with Gasteiger partial charge in [-0.25, -0.2) is 4.98 Å². The maximum absolute atomic E-state index is 11.3. The molecule has 1 N–H and O–H groups in total. The second-order valence-corrected chi connectivity index (χ2v) is 5.02. The predicted molar refractivity (Wildman–Crippen MR) is 78.1 cm³/mol. The third-order valence-electron chi connectivity index (χ3n) is 3.86. The van der Waals surface area contributed by atoms with Gasteiger partial charge >= 0.3 is 5.69 Å². The van der Waals surface area contributed by atoms with E-state index in [1.54, 1.807) is 0 Å². The van der Waals surface area contributed by atoms with Crippen molar-refractivity contribution in [2.45, 2.75) is 12.5 Å². The molecule has 0 aliphatic carbocycles. The van der Waals surface area contributed by atoms with Crippen LogP contribution in [0.15, 0.2) is 30.5 Å². The second-order valence-electron chi connectivity index (χ2n) is 5.02. The van der Waals surface area contributed by atoms with Crippen LogP contribution in [0.4, 0.5) is 11.4 Å². The number of para-hydroxylation sites is 1. The zero-order valence-corrected chi connectivity index (χ0v) is 11.2. The van der Waals surface area contributed by atoms with E-state index in [2.05, 4.69) is 10.3 Å². The van der Waals surface area contributed by atoms with E-state index in [1.165, 1.54) is 6.20 Å². The lowest BCUT2D eigenvalue weighted by Crippen LogP contribution is -2.33. The normalized spacial score (nSPS) is 18.4. The lowest BCUT2D eigenvalue weighted by molar-refractivity contribution is -0.384. The van der Waals surface area contributed by atoms with Crippen LogP contribution < -0.4 is 10.2 Å². The minimum Gasteiger partial charge on any atom is -0.364 e. The summed E-state index contributed by atoms with van der Waals surface area (Å²) in [6.45, 7) is 1.80. The SMILES string of the molecule is CN(c1c([N+](=O)[O-])cnc2ccccc12)C1CCNC1. The predicted octanol–water partition coefficient (Wildman–Crippen LogP) is 1.94. The number of aromatic nitrogens is 1. The topological polar surface area (TPSA) is 71.3 Å². The van der Waals surface area contributed by atoms with Crippen molar-refractivity contribution < 1.29 is 4.92 Å². The molecule has 104 valence electrons. The smallest absolute Gasteiger partial charge is 0.311 e. The fourth-order valence-electron chi connectivity index (χ4n) is 2.77. The van der Waals surface area contributed by atoms with E-state index in [1.807, 2.05) is 36.2 Å². The molecule has 1 aliphatic heterocycles. The molecule has 1 unspecified atom stereocenters. The van der Waals surface area contributed by atoms with Crippen LogP contribution in [0.2, 0.25) is 0 Å². The molecule has 6 nitrogen and oxygen atoms in total. The molecule has 0 amide bonds.